The van der Waals surface area contributed by atoms with Crippen LogP contribution in [0.3, 0.4) is 0 Å². The lowest BCUT2D eigenvalue weighted by atomic mass is 10.00. The molecule has 0 saturated heterocycles. The van der Waals surface area contributed by atoms with E-state index in [9.17, 15) is 19.5 Å². The maximum atomic E-state index is 12.1. The number of hydrogen-bond donors (Lipinski definition) is 1. The summed E-state index contributed by atoms with van der Waals surface area (Å²) in [6.07, 6.45) is 1.23. The molecule has 0 aliphatic carbocycles. The number of ether oxygens (including phenoxy) is 2. The molecule has 0 unspecified atom stereocenters. The van der Waals surface area contributed by atoms with Gasteiger partial charge < -0.3 is 14.6 Å². The molecule has 2 rings (SSSR count). The minimum absolute atomic E-state index is 0.0160. The molecule has 0 amide bonds. The molecule has 0 aliphatic heterocycles. The number of nitrogens with zero attached hydrogens (tertiary/aromatic N) is 4. The molecule has 0 bridgehead atoms. The minimum Gasteiger partial charge on any atom is -0.512 e. The van der Waals surface area contributed by atoms with Gasteiger partial charge in [-0.15, -0.1) is 0 Å². The van der Waals surface area contributed by atoms with Crippen LogP contribution in [0.5, 0.6) is 0 Å². The summed E-state index contributed by atoms with van der Waals surface area (Å²) in [6, 6.07) is 8.74. The van der Waals surface area contributed by atoms with Gasteiger partial charge in [0, 0.05) is 11.1 Å². The summed E-state index contributed by atoms with van der Waals surface area (Å²) in [5.41, 5.74) is 9.48. The van der Waals surface area contributed by atoms with Crippen molar-refractivity contribution in [2.24, 2.45) is 5.11 Å². The number of carbonyl (C=O) groups excluding carboxylic acids is 3. The molecule has 0 aliphatic rings. The molecule has 10 heteroatoms. The van der Waals surface area contributed by atoms with Crippen molar-refractivity contribution in [1.82, 2.24) is 4.98 Å². The zero-order valence-corrected chi connectivity index (χ0v) is 16.2. The highest BCUT2D eigenvalue weighted by Gasteiger charge is 2.14. The summed E-state index contributed by atoms with van der Waals surface area (Å²) in [4.78, 5) is 41.9. The van der Waals surface area contributed by atoms with Crippen LogP contribution in [-0.4, -0.2) is 41.0 Å². The van der Waals surface area contributed by atoms with Gasteiger partial charge in [0.25, 0.3) is 0 Å². The van der Waals surface area contributed by atoms with Crippen molar-refractivity contribution in [2.45, 2.75) is 13.8 Å². The zero-order chi connectivity index (χ0) is 22.1. The van der Waals surface area contributed by atoms with E-state index in [-0.39, 0.29) is 47.3 Å². The Hall–Kier alpha value is -4.17. The van der Waals surface area contributed by atoms with Gasteiger partial charge in [0.2, 0.25) is 0 Å². The van der Waals surface area contributed by atoms with Crippen molar-refractivity contribution >= 4 is 29.0 Å². The van der Waals surface area contributed by atoms with Crippen LogP contribution in [0.2, 0.25) is 0 Å². The van der Waals surface area contributed by atoms with Gasteiger partial charge in [-0.25, -0.2) is 14.6 Å². The number of carbonyl (C=O) groups is 3. The van der Waals surface area contributed by atoms with Crippen LogP contribution in [0.15, 0.2) is 53.5 Å². The third-order valence-corrected chi connectivity index (χ3v) is 3.79. The largest absolute Gasteiger partial charge is 0.512 e. The molecule has 1 aromatic carbocycles. The van der Waals surface area contributed by atoms with E-state index < -0.39 is 11.9 Å². The molecular formula is C20H18N4O6. The average molecular weight is 410 g/mol. The van der Waals surface area contributed by atoms with Gasteiger partial charge in [-0.05, 0) is 49.2 Å². The minimum atomic E-state index is -0.717. The molecule has 1 aromatic heterocycles. The number of aliphatic hydroxyl groups excluding tert-OH is 1. The van der Waals surface area contributed by atoms with Gasteiger partial charge in [0.15, 0.2) is 5.78 Å². The van der Waals surface area contributed by atoms with E-state index in [0.29, 0.717) is 5.56 Å². The Balaban J connectivity index is 1.86. The fraction of sp³-hybridized carbons (Fsp3) is 0.200. The third-order valence-electron chi connectivity index (χ3n) is 3.79. The van der Waals surface area contributed by atoms with Gasteiger partial charge in [-0.1, -0.05) is 17.2 Å². The summed E-state index contributed by atoms with van der Waals surface area (Å²) < 4.78 is 10.0. The van der Waals surface area contributed by atoms with Crippen LogP contribution in [0, 0.1) is 0 Å². The first-order chi connectivity index (χ1) is 14.3. The lowest BCUT2D eigenvalue weighted by Crippen LogP contribution is -2.15. The molecule has 10 nitrogen and oxygen atoms in total. The van der Waals surface area contributed by atoms with Crippen molar-refractivity contribution in [3.63, 3.8) is 0 Å². The molecule has 0 atom stereocenters. The van der Waals surface area contributed by atoms with Crippen LogP contribution in [-0.2, 0) is 14.3 Å². The molecule has 1 N–H and O–H groups in total. The summed E-state index contributed by atoms with van der Waals surface area (Å²) in [5.74, 6) is -1.76. The summed E-state index contributed by atoms with van der Waals surface area (Å²) in [7, 11) is 0. The molecule has 0 spiro atoms. The highest BCUT2D eigenvalue weighted by molar-refractivity contribution is 6.20. The Morgan fingerprint density at radius 2 is 1.60 bits per heavy atom. The van der Waals surface area contributed by atoms with E-state index in [2.05, 4.69) is 15.0 Å². The first-order valence-corrected chi connectivity index (χ1v) is 8.70. The summed E-state index contributed by atoms with van der Waals surface area (Å²) in [5, 5.41) is 13.0. The predicted molar refractivity (Wildman–Crippen MR) is 106 cm³/mol. The summed E-state index contributed by atoms with van der Waals surface area (Å²) in [6.45, 7) is 2.40. The number of benzene rings is 1. The van der Waals surface area contributed by atoms with E-state index >= 15 is 0 Å². The number of allylic oxidation sites excluding steroid dienone is 2. The number of azide groups is 1. The highest BCUT2D eigenvalue weighted by Crippen LogP contribution is 2.19. The second kappa shape index (κ2) is 10.4. The predicted octanol–water partition coefficient (Wildman–Crippen LogP) is 3.92. The quantitative estimate of drug-likeness (QED) is 0.132. The molecule has 0 saturated carbocycles. The van der Waals surface area contributed by atoms with Crippen LogP contribution < -0.4 is 0 Å². The smallest absolute Gasteiger partial charge is 0.357 e. The molecule has 0 fully saturated rings. The van der Waals surface area contributed by atoms with Crippen molar-refractivity contribution in [3.8, 4) is 0 Å². The molecule has 1 heterocycles. The SMILES string of the molecule is CC(=O)/C(=C(/C)O)c1ccc(C(=O)OCCOC(=O)c2ccc(N=[N+]=[N-])cn2)cc1. The van der Waals surface area contributed by atoms with E-state index in [1.165, 1.54) is 56.4 Å². The van der Waals surface area contributed by atoms with Crippen LogP contribution >= 0.6 is 0 Å². The lowest BCUT2D eigenvalue weighted by Gasteiger charge is -2.08. The Bertz CT molecular complexity index is 1020. The van der Waals surface area contributed by atoms with Gasteiger partial charge in [0.05, 0.1) is 16.8 Å². The van der Waals surface area contributed by atoms with Gasteiger partial charge in [0.1, 0.15) is 24.7 Å². The van der Waals surface area contributed by atoms with Crippen molar-refractivity contribution < 1.29 is 29.0 Å². The molecular weight excluding hydrogens is 392 g/mol. The Morgan fingerprint density at radius 1 is 1.00 bits per heavy atom. The van der Waals surface area contributed by atoms with E-state index in [1.807, 2.05) is 0 Å². The topological polar surface area (TPSA) is 152 Å². The second-order valence-electron chi connectivity index (χ2n) is 5.96. The zero-order valence-electron chi connectivity index (χ0n) is 16.2. The fourth-order valence-electron chi connectivity index (χ4n) is 2.48. The number of hydrogen-bond acceptors (Lipinski definition) is 8. The number of ketones is 1. The Labute approximate surface area is 171 Å². The summed E-state index contributed by atoms with van der Waals surface area (Å²) >= 11 is 0. The maximum Gasteiger partial charge on any atom is 0.357 e. The number of rotatable bonds is 8. The first-order valence-electron chi connectivity index (χ1n) is 8.70. The first kappa shape index (κ1) is 22.1. The van der Waals surface area contributed by atoms with Crippen molar-refractivity contribution in [2.75, 3.05) is 13.2 Å². The van der Waals surface area contributed by atoms with Gasteiger partial charge in [-0.2, -0.15) is 0 Å². The number of pyridine rings is 1. The normalized spacial score (nSPS) is 11.0. The Kier molecular flexibility index (Phi) is 7.67. The van der Waals surface area contributed by atoms with E-state index in [0.717, 1.165) is 0 Å². The van der Waals surface area contributed by atoms with Crippen molar-refractivity contribution in [3.05, 3.63) is 75.6 Å². The fourth-order valence-corrected chi connectivity index (χ4v) is 2.48. The number of aliphatic hydroxyl groups is 1. The standard InChI is InChI=1S/C20H18N4O6/c1-12(25)18(13(2)26)14-3-5-15(6-4-14)19(27)29-9-10-30-20(28)17-8-7-16(11-22-17)23-24-21/h3-8,11,25H,9-10H2,1-2H3/b18-12+. The molecule has 30 heavy (non-hydrogen) atoms. The highest BCUT2D eigenvalue weighted by atomic mass is 16.6. The van der Waals surface area contributed by atoms with Gasteiger partial charge in [-0.3, -0.25) is 4.79 Å². The maximum absolute atomic E-state index is 12.1. The number of Topliss-reactive ketones (excluding diaryl/α,β-unsaturated/α-hetero) is 1. The van der Waals surface area contributed by atoms with E-state index in [1.54, 1.807) is 0 Å². The Morgan fingerprint density at radius 3 is 2.10 bits per heavy atom. The van der Waals surface area contributed by atoms with Crippen LogP contribution in [0.1, 0.15) is 40.3 Å². The van der Waals surface area contributed by atoms with Crippen molar-refractivity contribution in [1.29, 1.82) is 0 Å². The van der Waals surface area contributed by atoms with Crippen LogP contribution in [0.25, 0.3) is 16.0 Å². The molecule has 0 radical (unpaired) electrons. The molecule has 2 aromatic rings. The van der Waals surface area contributed by atoms with Gasteiger partial charge >= 0.3 is 11.9 Å². The monoisotopic (exact) mass is 410 g/mol. The third kappa shape index (κ3) is 5.91. The lowest BCUT2D eigenvalue weighted by molar-refractivity contribution is -0.111. The van der Waals surface area contributed by atoms with E-state index in [4.69, 9.17) is 15.0 Å². The number of esters is 2. The second-order valence-corrected chi connectivity index (χ2v) is 5.96. The average Bonchev–Trinajstić information content (AvgIpc) is 2.71. The molecule has 154 valence electrons. The van der Waals surface area contributed by atoms with Crippen LogP contribution in [0.4, 0.5) is 5.69 Å². The number of aromatic nitrogens is 1.